The van der Waals surface area contributed by atoms with Crippen LogP contribution in [0.2, 0.25) is 10.0 Å². The number of hydrogen-bond donors (Lipinski definition) is 2. The van der Waals surface area contributed by atoms with Crippen LogP contribution in [0.1, 0.15) is 18.4 Å². The van der Waals surface area contributed by atoms with Crippen molar-refractivity contribution >= 4 is 23.2 Å². The third-order valence-electron chi connectivity index (χ3n) is 3.06. The second kappa shape index (κ2) is 5.46. The summed E-state index contributed by atoms with van der Waals surface area (Å²) in [4.78, 5) is 3.81. The molecule has 7 heteroatoms. The predicted molar refractivity (Wildman–Crippen MR) is 74.0 cm³/mol. The third-order valence-corrected chi connectivity index (χ3v) is 3.62. The molecular formula is C12H14Cl2N4O. The zero-order valence-corrected chi connectivity index (χ0v) is 11.8. The van der Waals surface area contributed by atoms with E-state index >= 15 is 0 Å². The molecule has 0 bridgehead atoms. The first kappa shape index (κ1) is 14.3. The molecule has 0 radical (unpaired) electrons. The molecule has 0 unspecified atom stereocenters. The van der Waals surface area contributed by atoms with Crippen LogP contribution >= 0.6 is 23.2 Å². The maximum Gasteiger partial charge on any atom is 0.140 e. The highest BCUT2D eigenvalue weighted by molar-refractivity contribution is 6.35. The van der Waals surface area contributed by atoms with Gasteiger partial charge in [-0.05, 0) is 17.7 Å². The Morgan fingerprint density at radius 1 is 1.47 bits per heavy atom. The van der Waals surface area contributed by atoms with Crippen molar-refractivity contribution < 1.29 is 5.11 Å². The minimum Gasteiger partial charge on any atom is -0.373 e. The van der Waals surface area contributed by atoms with Crippen LogP contribution in [0.4, 0.5) is 0 Å². The summed E-state index contributed by atoms with van der Waals surface area (Å²) in [7, 11) is 0. The fraction of sp³-hybridized carbons (Fsp3) is 0.333. The molecule has 2 rings (SSSR count). The number of aliphatic hydroxyl groups is 1. The molecule has 1 aromatic carbocycles. The molecule has 1 heterocycles. The van der Waals surface area contributed by atoms with Gasteiger partial charge in [-0.1, -0.05) is 36.2 Å². The van der Waals surface area contributed by atoms with Gasteiger partial charge in [0, 0.05) is 16.0 Å². The molecule has 3 N–H and O–H groups in total. The van der Waals surface area contributed by atoms with Crippen LogP contribution < -0.4 is 5.73 Å². The molecule has 102 valence electrons. The monoisotopic (exact) mass is 300 g/mol. The highest BCUT2D eigenvalue weighted by Gasteiger charge is 2.32. The number of hydrogen-bond acceptors (Lipinski definition) is 4. The standard InChI is InChI=1S/C12H14Cl2N4O/c1-8(10-3-2-9(13)4-11(10)14)12(15,19)5-18-7-16-6-17-18/h2-4,6-8,19H,5,15H2,1H3/t8-,12+/m1/s1. The van der Waals surface area contributed by atoms with E-state index in [1.54, 1.807) is 25.1 Å². The van der Waals surface area contributed by atoms with Crippen molar-refractivity contribution in [3.63, 3.8) is 0 Å². The second-order valence-electron chi connectivity index (χ2n) is 4.47. The van der Waals surface area contributed by atoms with Gasteiger partial charge in [-0.15, -0.1) is 0 Å². The molecule has 0 spiro atoms. The van der Waals surface area contributed by atoms with Gasteiger partial charge < -0.3 is 10.8 Å². The summed E-state index contributed by atoms with van der Waals surface area (Å²) in [6.45, 7) is 1.92. The fourth-order valence-corrected chi connectivity index (χ4v) is 2.40. The highest BCUT2D eigenvalue weighted by atomic mass is 35.5. The Balaban J connectivity index is 2.24. The van der Waals surface area contributed by atoms with E-state index in [2.05, 4.69) is 10.1 Å². The van der Waals surface area contributed by atoms with Gasteiger partial charge in [0.15, 0.2) is 0 Å². The van der Waals surface area contributed by atoms with E-state index in [9.17, 15) is 5.11 Å². The summed E-state index contributed by atoms with van der Waals surface area (Å²) < 4.78 is 1.47. The van der Waals surface area contributed by atoms with Crippen molar-refractivity contribution in [2.45, 2.75) is 25.1 Å². The minimum absolute atomic E-state index is 0.118. The first-order valence-corrected chi connectivity index (χ1v) is 6.44. The Kier molecular flexibility index (Phi) is 4.10. The van der Waals surface area contributed by atoms with Crippen LogP contribution in [0.5, 0.6) is 0 Å². The zero-order chi connectivity index (χ0) is 14.0. The summed E-state index contributed by atoms with van der Waals surface area (Å²) in [6, 6.07) is 5.10. The van der Waals surface area contributed by atoms with E-state index in [0.29, 0.717) is 10.0 Å². The lowest BCUT2D eigenvalue weighted by Crippen LogP contribution is -2.48. The minimum atomic E-state index is -1.49. The molecule has 2 atom stereocenters. The molecule has 2 aromatic rings. The normalized spacial score (nSPS) is 16.1. The van der Waals surface area contributed by atoms with Crippen LogP contribution in [0.15, 0.2) is 30.9 Å². The molecule has 1 aromatic heterocycles. The van der Waals surface area contributed by atoms with Gasteiger partial charge in [-0.2, -0.15) is 5.10 Å². The molecule has 0 saturated carbocycles. The summed E-state index contributed by atoms with van der Waals surface area (Å²) in [6.07, 6.45) is 2.88. The summed E-state index contributed by atoms with van der Waals surface area (Å²) in [5.74, 6) is -0.388. The van der Waals surface area contributed by atoms with Crippen molar-refractivity contribution in [2.24, 2.45) is 5.73 Å². The smallest absolute Gasteiger partial charge is 0.140 e. The van der Waals surface area contributed by atoms with Gasteiger partial charge in [-0.25, -0.2) is 9.67 Å². The number of nitrogens with two attached hydrogens (primary N) is 1. The number of rotatable bonds is 4. The van der Waals surface area contributed by atoms with Crippen molar-refractivity contribution in [3.8, 4) is 0 Å². The summed E-state index contributed by atoms with van der Waals surface area (Å²) in [5.41, 5.74) is 5.20. The van der Waals surface area contributed by atoms with E-state index in [1.165, 1.54) is 17.3 Å². The van der Waals surface area contributed by atoms with Crippen molar-refractivity contribution in [1.29, 1.82) is 0 Å². The van der Waals surface area contributed by atoms with Crippen LogP contribution in [0.3, 0.4) is 0 Å². The van der Waals surface area contributed by atoms with Crippen molar-refractivity contribution in [2.75, 3.05) is 0 Å². The molecule has 0 fully saturated rings. The van der Waals surface area contributed by atoms with E-state index in [-0.39, 0.29) is 12.5 Å². The maximum absolute atomic E-state index is 10.4. The quantitative estimate of drug-likeness (QED) is 0.847. The predicted octanol–water partition coefficient (Wildman–Crippen LogP) is 2.04. The summed E-state index contributed by atoms with van der Waals surface area (Å²) in [5, 5.41) is 15.3. The Labute approximate surface area is 121 Å². The van der Waals surface area contributed by atoms with Crippen LogP contribution in [-0.2, 0) is 6.54 Å². The van der Waals surface area contributed by atoms with E-state index in [1.807, 2.05) is 0 Å². The van der Waals surface area contributed by atoms with E-state index < -0.39 is 5.72 Å². The fourth-order valence-electron chi connectivity index (χ4n) is 1.83. The largest absolute Gasteiger partial charge is 0.373 e. The van der Waals surface area contributed by atoms with Gasteiger partial charge in [0.25, 0.3) is 0 Å². The van der Waals surface area contributed by atoms with Crippen LogP contribution in [-0.4, -0.2) is 25.6 Å². The van der Waals surface area contributed by atoms with E-state index in [0.717, 1.165) is 5.56 Å². The molecule has 5 nitrogen and oxygen atoms in total. The Bertz CT molecular complexity index is 557. The average Bonchev–Trinajstić information content (AvgIpc) is 2.80. The molecule has 0 amide bonds. The summed E-state index contributed by atoms with van der Waals surface area (Å²) >= 11 is 12.0. The lowest BCUT2D eigenvalue weighted by molar-refractivity contribution is 0.00327. The topological polar surface area (TPSA) is 77.0 Å². The number of nitrogens with zero attached hydrogens (tertiary/aromatic N) is 3. The first-order valence-electron chi connectivity index (χ1n) is 5.69. The first-order chi connectivity index (χ1) is 8.90. The lowest BCUT2D eigenvalue weighted by Gasteiger charge is -2.30. The second-order valence-corrected chi connectivity index (χ2v) is 5.32. The zero-order valence-electron chi connectivity index (χ0n) is 10.3. The molecule has 0 aliphatic carbocycles. The van der Waals surface area contributed by atoms with Gasteiger partial charge in [0.1, 0.15) is 18.4 Å². The average molecular weight is 301 g/mol. The Hall–Kier alpha value is -1.14. The van der Waals surface area contributed by atoms with Gasteiger partial charge in [-0.3, -0.25) is 0 Å². The van der Waals surface area contributed by atoms with Gasteiger partial charge in [0.05, 0.1) is 6.54 Å². The van der Waals surface area contributed by atoms with Gasteiger partial charge >= 0.3 is 0 Å². The number of aromatic nitrogens is 3. The Morgan fingerprint density at radius 2 is 2.21 bits per heavy atom. The molecule has 0 saturated heterocycles. The van der Waals surface area contributed by atoms with Gasteiger partial charge in [0.2, 0.25) is 0 Å². The highest BCUT2D eigenvalue weighted by Crippen LogP contribution is 2.32. The number of halogens is 2. The van der Waals surface area contributed by atoms with Crippen molar-refractivity contribution in [3.05, 3.63) is 46.5 Å². The van der Waals surface area contributed by atoms with Crippen LogP contribution in [0, 0.1) is 0 Å². The molecular weight excluding hydrogens is 287 g/mol. The maximum atomic E-state index is 10.4. The lowest BCUT2D eigenvalue weighted by atomic mass is 9.90. The Morgan fingerprint density at radius 3 is 2.79 bits per heavy atom. The van der Waals surface area contributed by atoms with E-state index in [4.69, 9.17) is 28.9 Å². The SMILES string of the molecule is C[C@H](c1ccc(Cl)cc1Cl)[C@@](N)(O)Cn1cncn1. The third kappa shape index (κ3) is 3.25. The molecule has 19 heavy (non-hydrogen) atoms. The van der Waals surface area contributed by atoms with Crippen molar-refractivity contribution in [1.82, 2.24) is 14.8 Å². The van der Waals surface area contributed by atoms with Crippen LogP contribution in [0.25, 0.3) is 0 Å². The molecule has 0 aliphatic rings. The number of benzene rings is 1. The molecule has 0 aliphatic heterocycles.